The van der Waals surface area contributed by atoms with Crippen molar-refractivity contribution < 1.29 is 9.53 Å². The van der Waals surface area contributed by atoms with E-state index in [1.807, 2.05) is 13.8 Å². The second-order valence-electron chi connectivity index (χ2n) is 13.3. The molecule has 0 radical (unpaired) electrons. The zero-order chi connectivity index (χ0) is 23.0. The molecule has 0 heterocycles. The topological polar surface area (TPSA) is 29.5 Å². The molecule has 2 fully saturated rings. The van der Waals surface area contributed by atoms with Gasteiger partial charge in [-0.3, -0.25) is 0 Å². The van der Waals surface area contributed by atoms with E-state index >= 15 is 0 Å². The van der Waals surface area contributed by atoms with Crippen LogP contribution < -0.4 is 0 Å². The Labute approximate surface area is 189 Å². The minimum absolute atomic E-state index is 0.155. The van der Waals surface area contributed by atoms with Crippen molar-refractivity contribution >= 4 is 8.32 Å². The van der Waals surface area contributed by atoms with Gasteiger partial charge in [-0.15, -0.1) is 12.3 Å². The van der Waals surface area contributed by atoms with E-state index in [1.165, 1.54) is 32.1 Å². The fourth-order valence-corrected chi connectivity index (χ4v) is 7.90. The highest BCUT2D eigenvalue weighted by atomic mass is 28.4. The van der Waals surface area contributed by atoms with Gasteiger partial charge in [0.05, 0.1) is 5.60 Å². The monoisotopic (exact) mass is 434 g/mol. The molecule has 2 saturated carbocycles. The molecule has 3 heteroatoms. The molecule has 2 rings (SSSR count). The third-order valence-corrected chi connectivity index (χ3v) is 13.7. The molecule has 2 nitrogen and oxygen atoms in total. The number of hydrogen-bond acceptors (Lipinski definition) is 2. The second-order valence-corrected chi connectivity index (χ2v) is 18.0. The van der Waals surface area contributed by atoms with Gasteiger partial charge in [0.1, 0.15) is 0 Å². The minimum atomic E-state index is -1.77. The van der Waals surface area contributed by atoms with Crippen LogP contribution in [0.3, 0.4) is 0 Å². The summed E-state index contributed by atoms with van der Waals surface area (Å²) >= 11 is 0. The lowest BCUT2D eigenvalue weighted by Gasteiger charge is -2.52. The van der Waals surface area contributed by atoms with Crippen molar-refractivity contribution in [1.29, 1.82) is 0 Å². The first kappa shape index (κ1) is 26.0. The summed E-state index contributed by atoms with van der Waals surface area (Å²) in [4.78, 5) is 0. The smallest absolute Gasteiger partial charge is 0.192 e. The quantitative estimate of drug-likeness (QED) is 0.315. The Morgan fingerprint density at radius 1 is 1.07 bits per heavy atom. The molecule has 0 spiro atoms. The number of terminal acetylenes is 1. The molecule has 5 atom stereocenters. The highest BCUT2D eigenvalue weighted by molar-refractivity contribution is 6.74. The maximum absolute atomic E-state index is 10.2. The molecule has 0 bridgehead atoms. The van der Waals surface area contributed by atoms with Crippen molar-refractivity contribution in [2.45, 2.75) is 136 Å². The Bertz CT molecular complexity index is 620. The van der Waals surface area contributed by atoms with E-state index in [0.29, 0.717) is 23.4 Å². The summed E-state index contributed by atoms with van der Waals surface area (Å²) in [7, 11) is -1.77. The lowest BCUT2D eigenvalue weighted by Crippen LogP contribution is -2.51. The van der Waals surface area contributed by atoms with Gasteiger partial charge in [-0.2, -0.15) is 0 Å². The molecule has 174 valence electrons. The van der Waals surface area contributed by atoms with Crippen molar-refractivity contribution in [3.63, 3.8) is 0 Å². The molecule has 2 aliphatic rings. The van der Waals surface area contributed by atoms with Crippen LogP contribution in [-0.4, -0.2) is 25.1 Å². The summed E-state index contributed by atoms with van der Waals surface area (Å²) in [5.74, 6) is 4.34. The Hall–Kier alpha value is -0.303. The Morgan fingerprint density at radius 2 is 1.70 bits per heavy atom. The summed E-state index contributed by atoms with van der Waals surface area (Å²) < 4.78 is 7.03. The SMILES string of the molecule is C#CC[C@@](C)(CCCC(C)(C)O)C1CCC2[C@@H](O[Si](C)(C)C(C)(C)C)CCC[C@@]21C. The molecule has 0 aromatic carbocycles. The van der Waals surface area contributed by atoms with Gasteiger partial charge >= 0.3 is 0 Å². The van der Waals surface area contributed by atoms with E-state index in [0.717, 1.165) is 25.7 Å². The molecule has 0 amide bonds. The van der Waals surface area contributed by atoms with E-state index in [1.54, 1.807) is 0 Å². The first-order valence-corrected chi connectivity index (χ1v) is 15.3. The maximum Gasteiger partial charge on any atom is 0.192 e. The van der Waals surface area contributed by atoms with Gasteiger partial charge < -0.3 is 9.53 Å². The summed E-state index contributed by atoms with van der Waals surface area (Å²) in [5.41, 5.74) is -0.111. The molecule has 0 saturated heterocycles. The fraction of sp³-hybridized carbons (Fsp3) is 0.926. The molecule has 2 aliphatic carbocycles. The second kappa shape index (κ2) is 8.91. The molecule has 30 heavy (non-hydrogen) atoms. The van der Waals surface area contributed by atoms with Gasteiger partial charge in [-0.05, 0) is 93.2 Å². The Balaban J connectivity index is 2.22. The molecule has 0 aromatic rings. The van der Waals surface area contributed by atoms with Crippen LogP contribution in [0.4, 0.5) is 0 Å². The lowest BCUT2D eigenvalue weighted by atomic mass is 9.56. The van der Waals surface area contributed by atoms with Crippen LogP contribution in [0.5, 0.6) is 0 Å². The van der Waals surface area contributed by atoms with E-state index in [-0.39, 0.29) is 10.5 Å². The normalized spacial score (nSPS) is 32.4. The molecular formula is C27H50O2Si. The number of aliphatic hydroxyl groups is 1. The van der Waals surface area contributed by atoms with Crippen LogP contribution in [0.1, 0.15) is 106 Å². The summed E-state index contributed by atoms with van der Waals surface area (Å²) in [6.45, 7) is 20.7. The number of rotatable bonds is 8. The predicted octanol–water partition coefficient (Wildman–Crippen LogP) is 7.56. The lowest BCUT2D eigenvalue weighted by molar-refractivity contribution is -0.0444. The molecular weight excluding hydrogens is 384 g/mol. The summed E-state index contributed by atoms with van der Waals surface area (Å²) in [6, 6.07) is 0. The highest BCUT2D eigenvalue weighted by Gasteiger charge is 2.57. The maximum atomic E-state index is 10.2. The van der Waals surface area contributed by atoms with Gasteiger partial charge in [0.25, 0.3) is 0 Å². The van der Waals surface area contributed by atoms with Gasteiger partial charge in [0, 0.05) is 12.5 Å². The Kier molecular flexibility index (Phi) is 7.71. The Morgan fingerprint density at radius 3 is 2.23 bits per heavy atom. The largest absolute Gasteiger partial charge is 0.414 e. The van der Waals surface area contributed by atoms with Gasteiger partial charge in [0.2, 0.25) is 0 Å². The molecule has 1 N–H and O–H groups in total. The van der Waals surface area contributed by atoms with Crippen molar-refractivity contribution in [1.82, 2.24) is 0 Å². The van der Waals surface area contributed by atoms with E-state index in [4.69, 9.17) is 10.8 Å². The summed E-state index contributed by atoms with van der Waals surface area (Å²) in [6.07, 6.45) is 16.5. The van der Waals surface area contributed by atoms with E-state index in [9.17, 15) is 5.11 Å². The van der Waals surface area contributed by atoms with Gasteiger partial charge in [-0.1, -0.05) is 47.5 Å². The zero-order valence-corrected chi connectivity index (χ0v) is 22.5. The third-order valence-electron chi connectivity index (χ3n) is 9.20. The fourth-order valence-electron chi connectivity index (χ4n) is 6.50. The average molecular weight is 435 g/mol. The molecule has 0 aliphatic heterocycles. The first-order valence-electron chi connectivity index (χ1n) is 12.4. The van der Waals surface area contributed by atoms with Crippen LogP contribution in [0.2, 0.25) is 18.1 Å². The standard InChI is InChI=1S/C27H50O2Si/c1-11-17-26(7,19-13-18-25(5,6)28)23-16-15-21-22(14-12-20-27(21,23)8)29-30(9,10)24(2,3)4/h1,21-23,28H,12-20H2,2-10H3/t21?,22-,23?,26-,27-/m0/s1. The summed E-state index contributed by atoms with van der Waals surface area (Å²) in [5, 5.41) is 10.5. The van der Waals surface area contributed by atoms with E-state index in [2.05, 4.69) is 53.6 Å². The third kappa shape index (κ3) is 5.54. The van der Waals surface area contributed by atoms with Crippen molar-refractivity contribution in [2.75, 3.05) is 0 Å². The van der Waals surface area contributed by atoms with Crippen LogP contribution >= 0.6 is 0 Å². The highest BCUT2D eigenvalue weighted by Crippen LogP contribution is 2.63. The van der Waals surface area contributed by atoms with Crippen molar-refractivity contribution in [2.24, 2.45) is 22.7 Å². The molecule has 2 unspecified atom stereocenters. The predicted molar refractivity (Wildman–Crippen MR) is 132 cm³/mol. The zero-order valence-electron chi connectivity index (χ0n) is 21.5. The van der Waals surface area contributed by atoms with Crippen LogP contribution in [0.25, 0.3) is 0 Å². The van der Waals surface area contributed by atoms with Crippen molar-refractivity contribution in [3.05, 3.63) is 0 Å². The number of fused-ring (bicyclic) bond motifs is 1. The average Bonchev–Trinajstić information content (AvgIpc) is 2.91. The number of hydrogen-bond donors (Lipinski definition) is 1. The van der Waals surface area contributed by atoms with Crippen molar-refractivity contribution in [3.8, 4) is 12.3 Å². The van der Waals surface area contributed by atoms with Crippen LogP contribution in [0, 0.1) is 35.0 Å². The first-order chi connectivity index (χ1) is 13.6. The van der Waals surface area contributed by atoms with Crippen LogP contribution in [-0.2, 0) is 4.43 Å². The molecule has 0 aromatic heterocycles. The van der Waals surface area contributed by atoms with Crippen LogP contribution in [0.15, 0.2) is 0 Å². The van der Waals surface area contributed by atoms with E-state index < -0.39 is 13.9 Å². The minimum Gasteiger partial charge on any atom is -0.414 e. The van der Waals surface area contributed by atoms with Gasteiger partial charge in [0.15, 0.2) is 8.32 Å². The van der Waals surface area contributed by atoms with Gasteiger partial charge in [-0.25, -0.2) is 0 Å².